The van der Waals surface area contributed by atoms with Gasteiger partial charge in [-0.2, -0.15) is 0 Å². The summed E-state index contributed by atoms with van der Waals surface area (Å²) >= 11 is 0. The van der Waals surface area contributed by atoms with Crippen LogP contribution in [0.4, 0.5) is 5.69 Å². The number of hydrogen-bond acceptors (Lipinski definition) is 2. The van der Waals surface area contributed by atoms with Gasteiger partial charge in [-0.3, -0.25) is 4.79 Å². The standard InChI is InChI=1S/C16H21NO2/c18-11-14-15(12-7-3-1-4-8-12)17(16(14)19)13-9-5-2-6-10-13/h2,5-6,9-10,12,14-15,18H,1,3-4,7-8,11H2/t14-,15-/m0/s1. The molecule has 2 fully saturated rings. The van der Waals surface area contributed by atoms with Gasteiger partial charge in [0, 0.05) is 5.69 Å². The molecule has 0 aromatic heterocycles. The second kappa shape index (κ2) is 5.33. The molecule has 1 saturated carbocycles. The number of para-hydroxylation sites is 1. The van der Waals surface area contributed by atoms with Gasteiger partial charge in [0.15, 0.2) is 0 Å². The van der Waals surface area contributed by atoms with E-state index in [1.54, 1.807) is 0 Å². The molecule has 0 unspecified atom stereocenters. The Bertz CT molecular complexity index is 439. The molecule has 1 aromatic carbocycles. The second-order valence-corrected chi connectivity index (χ2v) is 5.72. The zero-order chi connectivity index (χ0) is 13.2. The first-order valence-corrected chi connectivity index (χ1v) is 7.32. The zero-order valence-corrected chi connectivity index (χ0v) is 11.2. The van der Waals surface area contributed by atoms with E-state index in [1.807, 2.05) is 35.2 Å². The number of rotatable bonds is 3. The molecule has 1 heterocycles. The van der Waals surface area contributed by atoms with Crippen molar-refractivity contribution in [2.24, 2.45) is 11.8 Å². The fourth-order valence-corrected chi connectivity index (χ4v) is 3.66. The first-order valence-electron chi connectivity index (χ1n) is 7.32. The van der Waals surface area contributed by atoms with Crippen molar-refractivity contribution in [3.8, 4) is 0 Å². The molecule has 19 heavy (non-hydrogen) atoms. The quantitative estimate of drug-likeness (QED) is 0.848. The van der Waals surface area contributed by atoms with E-state index < -0.39 is 0 Å². The lowest BCUT2D eigenvalue weighted by Crippen LogP contribution is -2.65. The number of aliphatic hydroxyl groups is 1. The van der Waals surface area contributed by atoms with Gasteiger partial charge in [0.1, 0.15) is 0 Å². The topological polar surface area (TPSA) is 40.5 Å². The van der Waals surface area contributed by atoms with Gasteiger partial charge in [0.05, 0.1) is 18.6 Å². The first kappa shape index (κ1) is 12.7. The summed E-state index contributed by atoms with van der Waals surface area (Å²) in [5, 5.41) is 9.47. The fourth-order valence-electron chi connectivity index (χ4n) is 3.66. The van der Waals surface area contributed by atoms with E-state index in [4.69, 9.17) is 0 Å². The van der Waals surface area contributed by atoms with Crippen molar-refractivity contribution in [3.05, 3.63) is 30.3 Å². The maximum absolute atomic E-state index is 12.2. The van der Waals surface area contributed by atoms with Crippen LogP contribution in [-0.4, -0.2) is 23.7 Å². The van der Waals surface area contributed by atoms with Gasteiger partial charge in [0.2, 0.25) is 5.91 Å². The van der Waals surface area contributed by atoms with Crippen molar-refractivity contribution >= 4 is 11.6 Å². The van der Waals surface area contributed by atoms with Crippen LogP contribution in [-0.2, 0) is 4.79 Å². The van der Waals surface area contributed by atoms with Crippen molar-refractivity contribution in [2.45, 2.75) is 38.1 Å². The number of β-lactam (4-membered cyclic amide) rings is 1. The highest BCUT2D eigenvalue weighted by atomic mass is 16.3. The number of amides is 1. The summed E-state index contributed by atoms with van der Waals surface area (Å²) in [6.45, 7) is -0.0106. The molecule has 1 amide bonds. The molecule has 2 aliphatic rings. The summed E-state index contributed by atoms with van der Waals surface area (Å²) in [5.41, 5.74) is 0.979. The number of carbonyl (C=O) groups excluding carboxylic acids is 1. The molecule has 0 spiro atoms. The summed E-state index contributed by atoms with van der Waals surface area (Å²) in [6, 6.07) is 10.1. The minimum Gasteiger partial charge on any atom is -0.395 e. The van der Waals surface area contributed by atoms with Crippen LogP contribution in [0, 0.1) is 11.8 Å². The van der Waals surface area contributed by atoms with Crippen molar-refractivity contribution < 1.29 is 9.90 Å². The summed E-state index contributed by atoms with van der Waals surface area (Å²) in [4.78, 5) is 14.1. The van der Waals surface area contributed by atoms with Crippen molar-refractivity contribution in [1.29, 1.82) is 0 Å². The molecule has 1 aliphatic carbocycles. The third kappa shape index (κ3) is 2.16. The average Bonchev–Trinajstić information content (AvgIpc) is 2.47. The molecule has 102 valence electrons. The van der Waals surface area contributed by atoms with E-state index in [1.165, 1.54) is 32.1 Å². The highest BCUT2D eigenvalue weighted by Gasteiger charge is 2.50. The van der Waals surface area contributed by atoms with E-state index in [0.717, 1.165) is 5.69 Å². The Kier molecular flexibility index (Phi) is 3.56. The van der Waals surface area contributed by atoms with Gasteiger partial charge >= 0.3 is 0 Å². The van der Waals surface area contributed by atoms with E-state index in [2.05, 4.69) is 0 Å². The van der Waals surface area contributed by atoms with Crippen molar-refractivity contribution in [3.63, 3.8) is 0 Å². The van der Waals surface area contributed by atoms with Crippen LogP contribution in [0.25, 0.3) is 0 Å². The Morgan fingerprint density at radius 1 is 1.11 bits per heavy atom. The molecular formula is C16H21NO2. The average molecular weight is 259 g/mol. The molecular weight excluding hydrogens is 238 g/mol. The number of carbonyl (C=O) groups is 1. The van der Waals surface area contributed by atoms with Gasteiger partial charge in [0.25, 0.3) is 0 Å². The van der Waals surface area contributed by atoms with Crippen LogP contribution in [0.5, 0.6) is 0 Å². The lowest BCUT2D eigenvalue weighted by atomic mass is 9.72. The first-order chi connectivity index (χ1) is 9.33. The van der Waals surface area contributed by atoms with Crippen LogP contribution < -0.4 is 4.90 Å². The predicted octanol–water partition coefficient (Wildman–Crippen LogP) is 2.59. The van der Waals surface area contributed by atoms with Crippen molar-refractivity contribution in [1.82, 2.24) is 0 Å². The minimum atomic E-state index is -0.177. The maximum atomic E-state index is 12.2. The summed E-state index contributed by atoms with van der Waals surface area (Å²) in [6.07, 6.45) is 6.22. The highest BCUT2D eigenvalue weighted by Crippen LogP contribution is 2.41. The van der Waals surface area contributed by atoms with E-state index in [-0.39, 0.29) is 24.5 Å². The molecule has 3 nitrogen and oxygen atoms in total. The molecule has 3 rings (SSSR count). The fraction of sp³-hybridized carbons (Fsp3) is 0.562. The monoisotopic (exact) mass is 259 g/mol. The highest BCUT2D eigenvalue weighted by molar-refractivity contribution is 6.03. The summed E-state index contributed by atoms with van der Waals surface area (Å²) in [7, 11) is 0. The predicted molar refractivity (Wildman–Crippen MR) is 74.9 cm³/mol. The lowest BCUT2D eigenvalue weighted by molar-refractivity contribution is -0.134. The number of benzene rings is 1. The summed E-state index contributed by atoms with van der Waals surface area (Å²) < 4.78 is 0. The largest absolute Gasteiger partial charge is 0.395 e. The van der Waals surface area contributed by atoms with Gasteiger partial charge in [-0.15, -0.1) is 0 Å². The molecule has 2 atom stereocenters. The third-order valence-corrected chi connectivity index (χ3v) is 4.63. The van der Waals surface area contributed by atoms with Crippen molar-refractivity contribution in [2.75, 3.05) is 11.5 Å². The van der Waals surface area contributed by atoms with Crippen LogP contribution in [0.2, 0.25) is 0 Å². The maximum Gasteiger partial charge on any atom is 0.234 e. The Morgan fingerprint density at radius 2 is 1.79 bits per heavy atom. The molecule has 0 bridgehead atoms. The Hall–Kier alpha value is -1.35. The number of anilines is 1. The molecule has 0 radical (unpaired) electrons. The van der Waals surface area contributed by atoms with E-state index in [0.29, 0.717) is 5.92 Å². The summed E-state index contributed by atoms with van der Waals surface area (Å²) in [5.74, 6) is 0.469. The molecule has 1 aromatic rings. The lowest BCUT2D eigenvalue weighted by Gasteiger charge is -2.51. The van der Waals surface area contributed by atoms with Gasteiger partial charge in [-0.05, 0) is 30.9 Å². The smallest absolute Gasteiger partial charge is 0.234 e. The molecule has 1 saturated heterocycles. The Balaban J connectivity index is 1.83. The van der Waals surface area contributed by atoms with E-state index >= 15 is 0 Å². The number of nitrogens with zero attached hydrogens (tertiary/aromatic N) is 1. The Labute approximate surface area is 114 Å². The van der Waals surface area contributed by atoms with Crippen LogP contribution >= 0.6 is 0 Å². The number of aliphatic hydroxyl groups excluding tert-OH is 1. The Morgan fingerprint density at radius 3 is 2.42 bits per heavy atom. The molecule has 1 N–H and O–H groups in total. The number of hydrogen-bond donors (Lipinski definition) is 1. The normalized spacial score (nSPS) is 28.3. The zero-order valence-electron chi connectivity index (χ0n) is 11.2. The second-order valence-electron chi connectivity index (χ2n) is 5.72. The SMILES string of the molecule is O=C1[C@@H](CO)[C@H](C2CCCCC2)N1c1ccccc1. The minimum absolute atomic E-state index is 0.0106. The van der Waals surface area contributed by atoms with Crippen LogP contribution in [0.15, 0.2) is 30.3 Å². The van der Waals surface area contributed by atoms with Crippen LogP contribution in [0.1, 0.15) is 32.1 Å². The van der Waals surface area contributed by atoms with Gasteiger partial charge < -0.3 is 10.0 Å². The molecule has 1 aliphatic heterocycles. The van der Waals surface area contributed by atoms with Gasteiger partial charge in [-0.25, -0.2) is 0 Å². The van der Waals surface area contributed by atoms with Crippen LogP contribution in [0.3, 0.4) is 0 Å². The third-order valence-electron chi connectivity index (χ3n) is 4.63. The van der Waals surface area contributed by atoms with Gasteiger partial charge in [-0.1, -0.05) is 37.5 Å². The van der Waals surface area contributed by atoms with E-state index in [9.17, 15) is 9.90 Å². The molecule has 3 heteroatoms.